The third kappa shape index (κ3) is 3.76. The van der Waals surface area contributed by atoms with E-state index in [1.165, 1.54) is 23.5 Å². The number of hydrogen-bond donors (Lipinski definition) is 2. The van der Waals surface area contributed by atoms with E-state index in [0.29, 0.717) is 21.7 Å². The van der Waals surface area contributed by atoms with Crippen molar-refractivity contribution in [1.29, 1.82) is 0 Å². The number of carbonyl (C=O) groups is 1. The monoisotopic (exact) mass is 416 g/mol. The maximum Gasteiger partial charge on any atom is 0.295 e. The van der Waals surface area contributed by atoms with Crippen LogP contribution in [0.3, 0.4) is 0 Å². The van der Waals surface area contributed by atoms with E-state index in [4.69, 9.17) is 0 Å². The van der Waals surface area contributed by atoms with Gasteiger partial charge < -0.3 is 4.98 Å². The molecule has 0 saturated carbocycles. The second-order valence-electron chi connectivity index (χ2n) is 5.88. The molecule has 5 nitrogen and oxygen atoms in total. The Bertz CT molecular complexity index is 1140. The summed E-state index contributed by atoms with van der Waals surface area (Å²) in [6.45, 7) is 0. The first-order valence-corrected chi connectivity index (χ1v) is 10.3. The van der Waals surface area contributed by atoms with Gasteiger partial charge in [0.2, 0.25) is 0 Å². The zero-order valence-corrected chi connectivity index (χ0v) is 16.2. The van der Waals surface area contributed by atoms with E-state index < -0.39 is 12.2 Å². The Hall–Kier alpha value is -2.78. The minimum absolute atomic E-state index is 0.332. The number of halogens is 2. The van der Waals surface area contributed by atoms with Gasteiger partial charge in [-0.2, -0.15) is 0 Å². The molecule has 2 aromatic carbocycles. The normalized spacial score (nSPS) is 11.3. The SMILES string of the molecule is CSc1ccc(-c2csc(NC(=O)c3ccc4nc(C(F)F)[nH]c4c3)n2)cc1. The van der Waals surface area contributed by atoms with Crippen molar-refractivity contribution in [2.45, 2.75) is 11.3 Å². The standard InChI is InChI=1S/C19H14F2N4OS2/c1-27-12-5-2-10(3-6-12)15-9-28-19(24-15)25-18(26)11-4-7-13-14(8-11)23-17(22-13)16(20)21/h2-9,16H,1H3,(H,22,23)(H,24,25,26). The van der Waals surface area contributed by atoms with Gasteiger partial charge in [-0.3, -0.25) is 10.1 Å². The lowest BCUT2D eigenvalue weighted by Crippen LogP contribution is -2.11. The highest BCUT2D eigenvalue weighted by atomic mass is 32.2. The van der Waals surface area contributed by atoms with E-state index in [2.05, 4.69) is 20.3 Å². The van der Waals surface area contributed by atoms with Gasteiger partial charge in [0.05, 0.1) is 16.7 Å². The number of carbonyl (C=O) groups excluding carboxylic acids is 1. The van der Waals surface area contributed by atoms with Crippen molar-refractivity contribution < 1.29 is 13.6 Å². The summed E-state index contributed by atoms with van der Waals surface area (Å²) < 4.78 is 25.5. The summed E-state index contributed by atoms with van der Waals surface area (Å²) in [7, 11) is 0. The fourth-order valence-electron chi connectivity index (χ4n) is 2.67. The van der Waals surface area contributed by atoms with Gasteiger partial charge in [-0.25, -0.2) is 18.7 Å². The van der Waals surface area contributed by atoms with Crippen LogP contribution >= 0.6 is 23.1 Å². The Balaban J connectivity index is 1.52. The smallest absolute Gasteiger partial charge is 0.295 e. The molecule has 0 spiro atoms. The molecule has 9 heteroatoms. The number of aromatic amines is 1. The zero-order chi connectivity index (χ0) is 19.7. The quantitative estimate of drug-likeness (QED) is 0.416. The summed E-state index contributed by atoms with van der Waals surface area (Å²) in [6.07, 6.45) is -0.677. The summed E-state index contributed by atoms with van der Waals surface area (Å²) in [6, 6.07) is 12.6. The van der Waals surface area contributed by atoms with Crippen LogP contribution in [0, 0.1) is 0 Å². The predicted molar refractivity (Wildman–Crippen MR) is 108 cm³/mol. The van der Waals surface area contributed by atoms with E-state index in [-0.39, 0.29) is 5.91 Å². The number of anilines is 1. The van der Waals surface area contributed by atoms with Crippen LogP contribution in [-0.2, 0) is 0 Å². The predicted octanol–water partition coefficient (Wildman–Crippen LogP) is 5.60. The topological polar surface area (TPSA) is 70.7 Å². The van der Waals surface area contributed by atoms with Crippen LogP contribution in [0.25, 0.3) is 22.3 Å². The molecule has 0 saturated heterocycles. The lowest BCUT2D eigenvalue weighted by atomic mass is 10.2. The van der Waals surface area contributed by atoms with Gasteiger partial charge in [0.25, 0.3) is 12.3 Å². The molecule has 2 N–H and O–H groups in total. The number of fused-ring (bicyclic) bond motifs is 1. The maximum absolute atomic E-state index is 12.8. The van der Waals surface area contributed by atoms with E-state index >= 15 is 0 Å². The Kier molecular flexibility index (Phi) is 5.10. The average molecular weight is 416 g/mol. The third-order valence-corrected chi connectivity index (χ3v) is 5.58. The van der Waals surface area contributed by atoms with Crippen molar-refractivity contribution in [2.75, 3.05) is 11.6 Å². The highest BCUT2D eigenvalue weighted by Gasteiger charge is 2.15. The number of amides is 1. The first-order valence-electron chi connectivity index (χ1n) is 8.22. The number of aromatic nitrogens is 3. The van der Waals surface area contributed by atoms with Crippen LogP contribution in [-0.4, -0.2) is 27.1 Å². The number of imidazole rings is 1. The van der Waals surface area contributed by atoms with Crippen molar-refractivity contribution >= 4 is 45.2 Å². The van der Waals surface area contributed by atoms with Gasteiger partial charge in [-0.15, -0.1) is 23.1 Å². The van der Waals surface area contributed by atoms with Crippen LogP contribution in [0.5, 0.6) is 0 Å². The Morgan fingerprint density at radius 1 is 1.18 bits per heavy atom. The number of H-pyrrole nitrogens is 1. The molecule has 0 radical (unpaired) electrons. The molecule has 4 aromatic rings. The summed E-state index contributed by atoms with van der Waals surface area (Å²) in [4.78, 5) is 24.4. The molecule has 2 heterocycles. The fraction of sp³-hybridized carbons (Fsp3) is 0.105. The van der Waals surface area contributed by atoms with Gasteiger partial charge in [0, 0.05) is 21.4 Å². The molecule has 0 aliphatic heterocycles. The lowest BCUT2D eigenvalue weighted by molar-refractivity contribution is 0.102. The molecule has 2 aromatic heterocycles. The molecular weight excluding hydrogens is 402 g/mol. The summed E-state index contributed by atoms with van der Waals surface area (Å²) in [5.41, 5.74) is 2.85. The van der Waals surface area contributed by atoms with Crippen LogP contribution in [0.1, 0.15) is 22.6 Å². The van der Waals surface area contributed by atoms with Crippen molar-refractivity contribution in [3.63, 3.8) is 0 Å². The van der Waals surface area contributed by atoms with Crippen molar-refractivity contribution in [3.05, 3.63) is 59.2 Å². The number of benzene rings is 2. The summed E-state index contributed by atoms with van der Waals surface area (Å²) >= 11 is 2.99. The zero-order valence-electron chi connectivity index (χ0n) is 14.6. The van der Waals surface area contributed by atoms with E-state index in [0.717, 1.165) is 16.2 Å². The summed E-state index contributed by atoms with van der Waals surface area (Å²) in [5, 5.41) is 5.08. The van der Waals surface area contributed by atoms with Crippen molar-refractivity contribution in [2.24, 2.45) is 0 Å². The van der Waals surface area contributed by atoms with Crippen molar-refractivity contribution in [3.8, 4) is 11.3 Å². The van der Waals surface area contributed by atoms with E-state index in [9.17, 15) is 13.6 Å². The minimum atomic E-state index is -2.69. The Labute approximate surface area is 167 Å². The molecule has 0 atom stereocenters. The van der Waals surface area contributed by atoms with Crippen LogP contribution in [0.2, 0.25) is 0 Å². The van der Waals surface area contributed by atoms with Gasteiger partial charge in [0.15, 0.2) is 11.0 Å². The molecule has 0 fully saturated rings. The van der Waals surface area contributed by atoms with Crippen LogP contribution in [0.15, 0.2) is 52.7 Å². The molecule has 142 valence electrons. The number of alkyl halides is 2. The Morgan fingerprint density at radius 2 is 1.96 bits per heavy atom. The molecule has 1 amide bonds. The molecular formula is C19H14F2N4OS2. The number of thioether (sulfide) groups is 1. The fourth-order valence-corrected chi connectivity index (χ4v) is 3.79. The first-order chi connectivity index (χ1) is 13.5. The first kappa shape index (κ1) is 18.6. The second-order valence-corrected chi connectivity index (χ2v) is 7.61. The number of thiazole rings is 1. The van der Waals surface area contributed by atoms with E-state index in [1.807, 2.05) is 35.9 Å². The van der Waals surface area contributed by atoms with Crippen LogP contribution in [0.4, 0.5) is 13.9 Å². The lowest BCUT2D eigenvalue weighted by Gasteiger charge is -2.02. The van der Waals surface area contributed by atoms with Gasteiger partial charge in [-0.1, -0.05) is 12.1 Å². The van der Waals surface area contributed by atoms with Gasteiger partial charge in [-0.05, 0) is 36.6 Å². The van der Waals surface area contributed by atoms with Crippen LogP contribution < -0.4 is 5.32 Å². The van der Waals surface area contributed by atoms with Crippen molar-refractivity contribution in [1.82, 2.24) is 15.0 Å². The maximum atomic E-state index is 12.8. The molecule has 28 heavy (non-hydrogen) atoms. The number of nitrogens with one attached hydrogen (secondary N) is 2. The number of rotatable bonds is 5. The van der Waals surface area contributed by atoms with E-state index in [1.54, 1.807) is 17.8 Å². The average Bonchev–Trinajstić information content (AvgIpc) is 3.34. The Morgan fingerprint density at radius 3 is 2.68 bits per heavy atom. The largest absolute Gasteiger partial charge is 0.337 e. The molecule has 4 rings (SSSR count). The molecule has 0 bridgehead atoms. The molecule has 0 unspecified atom stereocenters. The van der Waals surface area contributed by atoms with Gasteiger partial charge >= 0.3 is 0 Å². The highest BCUT2D eigenvalue weighted by molar-refractivity contribution is 7.98. The number of hydrogen-bond acceptors (Lipinski definition) is 5. The summed E-state index contributed by atoms with van der Waals surface area (Å²) in [5.74, 6) is -0.779. The molecule has 0 aliphatic carbocycles. The molecule has 0 aliphatic rings. The second kappa shape index (κ2) is 7.69. The van der Waals surface area contributed by atoms with Gasteiger partial charge in [0.1, 0.15) is 0 Å². The minimum Gasteiger partial charge on any atom is -0.337 e. The third-order valence-electron chi connectivity index (χ3n) is 4.08. The number of nitrogens with zero attached hydrogens (tertiary/aromatic N) is 2. The highest BCUT2D eigenvalue weighted by Crippen LogP contribution is 2.27.